The highest BCUT2D eigenvalue weighted by Gasteiger charge is 2.24. The summed E-state index contributed by atoms with van der Waals surface area (Å²) in [6.07, 6.45) is 0. The average Bonchev–Trinajstić information content (AvgIpc) is 2.14. The molecule has 0 unspecified atom stereocenters. The van der Waals surface area contributed by atoms with Gasteiger partial charge in [-0.25, -0.2) is 4.72 Å². The first-order valence-electron chi connectivity index (χ1n) is 4.91. The molecule has 0 aliphatic rings. The minimum Gasteiger partial charge on any atom is -0.202 e. The molecule has 0 aliphatic carbocycles. The van der Waals surface area contributed by atoms with Gasteiger partial charge in [-0.2, -0.15) is 12.7 Å². The van der Waals surface area contributed by atoms with Crippen LogP contribution < -0.4 is 4.72 Å². The van der Waals surface area contributed by atoms with Gasteiger partial charge in [-0.1, -0.05) is 29.8 Å². The maximum Gasteiger partial charge on any atom is 0.279 e. The third kappa shape index (κ3) is 5.29. The van der Waals surface area contributed by atoms with Gasteiger partial charge in [0, 0.05) is 25.0 Å². The van der Waals surface area contributed by atoms with Crippen LogP contribution in [0, 0.1) is 5.41 Å². The third-order valence-electron chi connectivity index (χ3n) is 2.20. The fraction of sp³-hybridized carbons (Fsp3) is 1.00. The number of hydrogen-bond donors (Lipinski definition) is 1. The maximum atomic E-state index is 11.7. The van der Waals surface area contributed by atoms with Crippen molar-refractivity contribution in [3.63, 3.8) is 0 Å². The van der Waals surface area contributed by atoms with Crippen molar-refractivity contribution in [1.29, 1.82) is 0 Å². The molecule has 4 nitrogen and oxygen atoms in total. The molecule has 0 heterocycles. The molecule has 0 amide bonds. The zero-order valence-electron chi connectivity index (χ0n) is 10.0. The third-order valence-corrected chi connectivity index (χ3v) is 5.41. The van der Waals surface area contributed by atoms with Crippen LogP contribution in [-0.2, 0) is 10.2 Å². The fourth-order valence-electron chi connectivity index (χ4n) is 0.713. The van der Waals surface area contributed by atoms with Gasteiger partial charge in [-0.05, 0) is 19.3 Å². The molecule has 0 saturated heterocycles. The summed E-state index contributed by atoms with van der Waals surface area (Å²) in [5, 5.41) is 0.758. The molecular formula is C9H21BrN2O2S. The average molecular weight is 301 g/mol. The van der Waals surface area contributed by atoms with Gasteiger partial charge in [0.05, 0.1) is 0 Å². The van der Waals surface area contributed by atoms with Crippen LogP contribution >= 0.6 is 15.9 Å². The van der Waals surface area contributed by atoms with Crippen molar-refractivity contribution in [2.24, 2.45) is 5.41 Å². The Morgan fingerprint density at radius 2 is 1.87 bits per heavy atom. The molecular weight excluding hydrogens is 280 g/mol. The second-order valence-electron chi connectivity index (χ2n) is 4.73. The van der Waals surface area contributed by atoms with E-state index in [9.17, 15) is 8.42 Å². The van der Waals surface area contributed by atoms with Crippen molar-refractivity contribution in [2.45, 2.75) is 33.7 Å². The number of halogens is 1. The summed E-state index contributed by atoms with van der Waals surface area (Å²) >= 11 is 3.36. The number of rotatable bonds is 6. The van der Waals surface area contributed by atoms with E-state index in [2.05, 4.69) is 20.7 Å². The van der Waals surface area contributed by atoms with Gasteiger partial charge in [-0.3, -0.25) is 0 Å². The highest BCUT2D eigenvalue weighted by atomic mass is 79.9. The number of alkyl halides is 1. The first-order valence-corrected chi connectivity index (χ1v) is 7.47. The van der Waals surface area contributed by atoms with Gasteiger partial charge in [-0.15, -0.1) is 0 Å². The molecule has 0 saturated carbocycles. The quantitative estimate of drug-likeness (QED) is 0.757. The molecule has 0 aromatic carbocycles. The highest BCUT2D eigenvalue weighted by molar-refractivity contribution is 9.09. The lowest BCUT2D eigenvalue weighted by molar-refractivity contribution is 0.378. The van der Waals surface area contributed by atoms with Crippen molar-refractivity contribution in [1.82, 2.24) is 9.03 Å². The van der Waals surface area contributed by atoms with E-state index in [0.29, 0.717) is 6.54 Å². The van der Waals surface area contributed by atoms with Gasteiger partial charge < -0.3 is 0 Å². The molecule has 0 bridgehead atoms. The molecule has 1 N–H and O–H groups in total. The summed E-state index contributed by atoms with van der Waals surface area (Å²) in [5.41, 5.74) is -0.0785. The molecule has 0 radical (unpaired) electrons. The molecule has 0 aromatic heterocycles. The van der Waals surface area contributed by atoms with Crippen molar-refractivity contribution < 1.29 is 8.42 Å². The van der Waals surface area contributed by atoms with Crippen LogP contribution in [0.25, 0.3) is 0 Å². The van der Waals surface area contributed by atoms with Gasteiger partial charge in [0.25, 0.3) is 10.2 Å². The monoisotopic (exact) mass is 300 g/mol. The van der Waals surface area contributed by atoms with E-state index in [1.807, 2.05) is 27.7 Å². The lowest BCUT2D eigenvalue weighted by atomic mass is 9.98. The number of hydrogen-bond acceptors (Lipinski definition) is 2. The van der Waals surface area contributed by atoms with Crippen molar-refractivity contribution >= 4 is 26.1 Å². The molecule has 0 aromatic rings. The molecule has 92 valence electrons. The molecule has 0 fully saturated rings. The Morgan fingerprint density at radius 3 is 2.20 bits per heavy atom. The zero-order chi connectivity index (χ0) is 12.3. The predicted octanol–water partition coefficient (Wildman–Crippen LogP) is 1.58. The lowest BCUT2D eigenvalue weighted by Crippen LogP contribution is -2.45. The van der Waals surface area contributed by atoms with Gasteiger partial charge in [0.2, 0.25) is 0 Å². The van der Waals surface area contributed by atoms with E-state index >= 15 is 0 Å². The van der Waals surface area contributed by atoms with E-state index < -0.39 is 10.2 Å². The summed E-state index contributed by atoms with van der Waals surface area (Å²) in [6, 6.07) is -0.0328. The van der Waals surface area contributed by atoms with Crippen LogP contribution in [0.2, 0.25) is 0 Å². The minimum absolute atomic E-state index is 0.0328. The highest BCUT2D eigenvalue weighted by Crippen LogP contribution is 2.17. The SMILES string of the molecule is CC(C)N(C)S(=O)(=O)NCC(C)(C)CBr. The van der Waals surface area contributed by atoms with Crippen molar-refractivity contribution in [2.75, 3.05) is 18.9 Å². The van der Waals surface area contributed by atoms with Crippen LogP contribution in [0.1, 0.15) is 27.7 Å². The summed E-state index contributed by atoms with van der Waals surface area (Å²) in [7, 11) is -1.76. The van der Waals surface area contributed by atoms with Gasteiger partial charge in [0.1, 0.15) is 0 Å². The summed E-state index contributed by atoms with van der Waals surface area (Å²) in [4.78, 5) is 0. The minimum atomic E-state index is -3.34. The van der Waals surface area contributed by atoms with E-state index in [4.69, 9.17) is 0 Å². The Labute approximate surface area is 102 Å². The summed E-state index contributed by atoms with van der Waals surface area (Å²) < 4.78 is 27.4. The molecule has 0 atom stereocenters. The normalized spacial score (nSPS) is 13.9. The molecule has 0 spiro atoms. The Morgan fingerprint density at radius 1 is 1.40 bits per heavy atom. The van der Waals surface area contributed by atoms with E-state index in [1.54, 1.807) is 7.05 Å². The van der Waals surface area contributed by atoms with Crippen LogP contribution in [0.15, 0.2) is 0 Å². The van der Waals surface area contributed by atoms with E-state index in [-0.39, 0.29) is 11.5 Å². The fourth-order valence-corrected chi connectivity index (χ4v) is 2.24. The zero-order valence-corrected chi connectivity index (χ0v) is 12.4. The van der Waals surface area contributed by atoms with Gasteiger partial charge >= 0.3 is 0 Å². The summed E-state index contributed by atoms with van der Waals surface area (Å²) in [5.74, 6) is 0. The van der Waals surface area contributed by atoms with Crippen LogP contribution in [0.3, 0.4) is 0 Å². The van der Waals surface area contributed by atoms with Crippen molar-refractivity contribution in [3.8, 4) is 0 Å². The largest absolute Gasteiger partial charge is 0.279 e. The maximum absolute atomic E-state index is 11.7. The van der Waals surface area contributed by atoms with Gasteiger partial charge in [0.15, 0.2) is 0 Å². The Hall–Kier alpha value is 0.350. The number of nitrogens with one attached hydrogen (secondary N) is 1. The van der Waals surface area contributed by atoms with E-state index in [1.165, 1.54) is 4.31 Å². The molecule has 6 heteroatoms. The second kappa shape index (κ2) is 5.61. The predicted molar refractivity (Wildman–Crippen MR) is 67.4 cm³/mol. The Bertz CT molecular complexity index is 288. The van der Waals surface area contributed by atoms with Crippen LogP contribution in [0.4, 0.5) is 0 Å². The first-order chi connectivity index (χ1) is 6.62. The Kier molecular flexibility index (Phi) is 5.74. The lowest BCUT2D eigenvalue weighted by Gasteiger charge is -2.26. The molecule has 0 aliphatic heterocycles. The Balaban J connectivity index is 4.42. The topological polar surface area (TPSA) is 49.4 Å². The molecule has 15 heavy (non-hydrogen) atoms. The standard InChI is InChI=1S/C9H21BrN2O2S/c1-8(2)12(5)15(13,14)11-7-9(3,4)6-10/h8,11H,6-7H2,1-5H3. The molecule has 0 rings (SSSR count). The number of nitrogens with zero attached hydrogens (tertiary/aromatic N) is 1. The van der Waals surface area contributed by atoms with E-state index in [0.717, 1.165) is 5.33 Å². The second-order valence-corrected chi connectivity index (χ2v) is 7.11. The van der Waals surface area contributed by atoms with Crippen LogP contribution in [0.5, 0.6) is 0 Å². The van der Waals surface area contributed by atoms with Crippen LogP contribution in [-0.4, -0.2) is 37.7 Å². The summed E-state index contributed by atoms with van der Waals surface area (Å²) in [6.45, 7) is 8.11. The van der Waals surface area contributed by atoms with Crippen molar-refractivity contribution in [3.05, 3.63) is 0 Å². The smallest absolute Gasteiger partial charge is 0.202 e. The first kappa shape index (κ1) is 15.3.